The monoisotopic (exact) mass is 282 g/mol. The van der Waals surface area contributed by atoms with Crippen molar-refractivity contribution in [3.8, 4) is 0 Å². The van der Waals surface area contributed by atoms with Gasteiger partial charge in [0.2, 0.25) is 5.91 Å². The number of amides is 1. The molecular weight excluding hydrogens is 264 g/mol. The Morgan fingerprint density at radius 1 is 0.857 bits per heavy atom. The molecule has 0 unspecified atom stereocenters. The number of ketones is 1. The summed E-state index contributed by atoms with van der Waals surface area (Å²) in [4.78, 5) is 23.6. The summed E-state index contributed by atoms with van der Waals surface area (Å²) in [5.74, 6) is -1.21. The molecule has 2 rings (SSSR count). The van der Waals surface area contributed by atoms with Crippen LogP contribution in [0.4, 0.5) is 0 Å². The first-order chi connectivity index (χ1) is 10.1. The van der Waals surface area contributed by atoms with Crippen LogP contribution in [0.3, 0.4) is 0 Å². The molecule has 0 aliphatic carbocycles. The highest BCUT2D eigenvalue weighted by atomic mass is 16.1. The van der Waals surface area contributed by atoms with E-state index >= 15 is 0 Å². The fourth-order valence-corrected chi connectivity index (χ4v) is 2.29. The van der Waals surface area contributed by atoms with Crippen LogP contribution in [-0.2, 0) is 9.59 Å². The Morgan fingerprint density at radius 3 is 1.67 bits per heavy atom. The lowest BCUT2D eigenvalue weighted by molar-refractivity contribution is -0.125. The molecular formula is C17H18N2O2. The molecule has 0 saturated heterocycles. The molecule has 0 radical (unpaired) electrons. The molecule has 21 heavy (non-hydrogen) atoms. The van der Waals surface area contributed by atoms with Gasteiger partial charge >= 0.3 is 0 Å². The van der Waals surface area contributed by atoms with Crippen molar-refractivity contribution in [1.29, 1.82) is 0 Å². The van der Waals surface area contributed by atoms with E-state index in [2.05, 4.69) is 0 Å². The second-order valence-electron chi connectivity index (χ2n) is 4.93. The normalized spacial score (nSPS) is 12.1. The van der Waals surface area contributed by atoms with Crippen molar-refractivity contribution >= 4 is 11.7 Å². The third-order valence-electron chi connectivity index (χ3n) is 3.37. The average Bonchev–Trinajstić information content (AvgIpc) is 2.49. The maximum atomic E-state index is 12.6. The molecule has 0 fully saturated rings. The number of nitrogens with two attached hydrogens (primary N) is 2. The van der Waals surface area contributed by atoms with Crippen LogP contribution in [0.15, 0.2) is 60.7 Å². The first-order valence-electron chi connectivity index (χ1n) is 6.77. The Bertz CT molecular complexity index is 572. The van der Waals surface area contributed by atoms with Gasteiger partial charge in [-0.2, -0.15) is 0 Å². The maximum absolute atomic E-state index is 12.6. The molecule has 0 aromatic heterocycles. The number of carbonyl (C=O) groups excluding carboxylic acids is 2. The predicted octanol–water partition coefficient (Wildman–Crippen LogP) is 1.59. The molecule has 0 aliphatic heterocycles. The van der Waals surface area contributed by atoms with E-state index in [0.29, 0.717) is 0 Å². The van der Waals surface area contributed by atoms with Crippen molar-refractivity contribution < 1.29 is 9.59 Å². The SMILES string of the molecule is NC(=O)[C@@H](N)CC(=O)C(c1ccccc1)c1ccccc1. The third-order valence-corrected chi connectivity index (χ3v) is 3.37. The van der Waals surface area contributed by atoms with Gasteiger partial charge in [-0.05, 0) is 11.1 Å². The van der Waals surface area contributed by atoms with Crippen LogP contribution in [0.25, 0.3) is 0 Å². The Balaban J connectivity index is 2.33. The van der Waals surface area contributed by atoms with E-state index in [1.54, 1.807) is 0 Å². The molecule has 4 heteroatoms. The van der Waals surface area contributed by atoms with E-state index in [4.69, 9.17) is 11.5 Å². The van der Waals surface area contributed by atoms with E-state index in [9.17, 15) is 9.59 Å². The van der Waals surface area contributed by atoms with Gasteiger partial charge in [0.25, 0.3) is 0 Å². The molecule has 4 nitrogen and oxygen atoms in total. The van der Waals surface area contributed by atoms with Crippen molar-refractivity contribution in [2.45, 2.75) is 18.4 Å². The zero-order valence-electron chi connectivity index (χ0n) is 11.6. The van der Waals surface area contributed by atoms with Crippen LogP contribution < -0.4 is 11.5 Å². The Kier molecular flexibility index (Phi) is 4.85. The van der Waals surface area contributed by atoms with Gasteiger partial charge in [-0.1, -0.05) is 60.7 Å². The number of Topliss-reactive ketones (excluding diaryl/α,β-unsaturated/α-hetero) is 1. The zero-order chi connectivity index (χ0) is 15.2. The van der Waals surface area contributed by atoms with E-state index in [0.717, 1.165) is 11.1 Å². The number of hydrogen-bond acceptors (Lipinski definition) is 3. The molecule has 2 aromatic rings. The Morgan fingerprint density at radius 2 is 1.29 bits per heavy atom. The van der Waals surface area contributed by atoms with Gasteiger partial charge in [-0.3, -0.25) is 9.59 Å². The smallest absolute Gasteiger partial charge is 0.234 e. The van der Waals surface area contributed by atoms with Crippen molar-refractivity contribution in [3.63, 3.8) is 0 Å². The summed E-state index contributed by atoms with van der Waals surface area (Å²) in [6.07, 6.45) is -0.0657. The number of rotatable bonds is 6. The van der Waals surface area contributed by atoms with Crippen LogP contribution in [0.5, 0.6) is 0 Å². The number of hydrogen-bond donors (Lipinski definition) is 2. The molecule has 0 spiro atoms. The molecule has 0 bridgehead atoms. The lowest BCUT2D eigenvalue weighted by Gasteiger charge is -2.18. The zero-order valence-corrected chi connectivity index (χ0v) is 11.6. The minimum Gasteiger partial charge on any atom is -0.368 e. The van der Waals surface area contributed by atoms with Crippen molar-refractivity contribution in [2.24, 2.45) is 11.5 Å². The minimum absolute atomic E-state index is 0.0657. The summed E-state index contributed by atoms with van der Waals surface area (Å²) in [6, 6.07) is 17.9. The molecule has 0 aliphatic rings. The molecule has 108 valence electrons. The van der Waals surface area contributed by atoms with E-state index in [1.165, 1.54) is 0 Å². The molecule has 0 heterocycles. The number of benzene rings is 2. The number of carbonyl (C=O) groups is 2. The van der Waals surface area contributed by atoms with Crippen LogP contribution in [0, 0.1) is 0 Å². The molecule has 2 aromatic carbocycles. The summed E-state index contributed by atoms with van der Waals surface area (Å²) in [6.45, 7) is 0. The second kappa shape index (κ2) is 6.81. The Labute approximate surface area is 123 Å². The van der Waals surface area contributed by atoms with Crippen molar-refractivity contribution in [3.05, 3.63) is 71.8 Å². The van der Waals surface area contributed by atoms with Gasteiger partial charge in [0.05, 0.1) is 12.0 Å². The predicted molar refractivity (Wildman–Crippen MR) is 81.5 cm³/mol. The summed E-state index contributed by atoms with van der Waals surface area (Å²) in [5, 5.41) is 0. The highest BCUT2D eigenvalue weighted by molar-refractivity contribution is 5.93. The first kappa shape index (κ1) is 14.9. The standard InChI is InChI=1S/C17H18N2O2/c18-14(17(19)21)11-15(20)16(12-7-3-1-4-8-12)13-9-5-2-6-10-13/h1-10,14,16H,11,18H2,(H2,19,21)/t14-/m0/s1. The topological polar surface area (TPSA) is 86.2 Å². The lowest BCUT2D eigenvalue weighted by atomic mass is 9.85. The first-order valence-corrected chi connectivity index (χ1v) is 6.77. The quantitative estimate of drug-likeness (QED) is 0.843. The van der Waals surface area contributed by atoms with Crippen LogP contribution >= 0.6 is 0 Å². The van der Waals surface area contributed by atoms with Crippen molar-refractivity contribution in [2.75, 3.05) is 0 Å². The van der Waals surface area contributed by atoms with E-state index < -0.39 is 17.9 Å². The molecule has 4 N–H and O–H groups in total. The summed E-state index contributed by atoms with van der Waals surface area (Å²) < 4.78 is 0. The lowest BCUT2D eigenvalue weighted by Crippen LogP contribution is -2.39. The summed E-state index contributed by atoms with van der Waals surface area (Å²) in [7, 11) is 0. The third kappa shape index (κ3) is 3.77. The van der Waals surface area contributed by atoms with Gasteiger partial charge in [0, 0.05) is 6.42 Å². The van der Waals surface area contributed by atoms with Crippen LogP contribution in [-0.4, -0.2) is 17.7 Å². The second-order valence-corrected chi connectivity index (χ2v) is 4.93. The van der Waals surface area contributed by atoms with E-state index in [-0.39, 0.29) is 12.2 Å². The van der Waals surface area contributed by atoms with E-state index in [1.807, 2.05) is 60.7 Å². The fraction of sp³-hybridized carbons (Fsp3) is 0.176. The maximum Gasteiger partial charge on any atom is 0.234 e. The molecule has 1 atom stereocenters. The van der Waals surface area contributed by atoms with Gasteiger partial charge in [0.15, 0.2) is 0 Å². The van der Waals surface area contributed by atoms with Crippen LogP contribution in [0.2, 0.25) is 0 Å². The summed E-state index contributed by atoms with van der Waals surface area (Å²) >= 11 is 0. The average molecular weight is 282 g/mol. The van der Waals surface area contributed by atoms with Crippen LogP contribution in [0.1, 0.15) is 23.5 Å². The van der Waals surface area contributed by atoms with Gasteiger partial charge < -0.3 is 11.5 Å². The Hall–Kier alpha value is -2.46. The van der Waals surface area contributed by atoms with Gasteiger partial charge in [0.1, 0.15) is 5.78 Å². The van der Waals surface area contributed by atoms with Gasteiger partial charge in [-0.15, -0.1) is 0 Å². The fourth-order valence-electron chi connectivity index (χ4n) is 2.29. The van der Waals surface area contributed by atoms with Gasteiger partial charge in [-0.25, -0.2) is 0 Å². The highest BCUT2D eigenvalue weighted by Gasteiger charge is 2.25. The summed E-state index contributed by atoms with van der Waals surface area (Å²) in [5.41, 5.74) is 12.5. The highest BCUT2D eigenvalue weighted by Crippen LogP contribution is 2.26. The minimum atomic E-state index is -0.951. The molecule has 1 amide bonds. The number of primary amides is 1. The molecule has 0 saturated carbocycles. The largest absolute Gasteiger partial charge is 0.368 e. The van der Waals surface area contributed by atoms with Crippen molar-refractivity contribution in [1.82, 2.24) is 0 Å².